The maximum absolute atomic E-state index is 11.4. The molecule has 88 valence electrons. The molecule has 0 aliphatic heterocycles. The van der Waals surface area contributed by atoms with E-state index in [1.165, 1.54) is 0 Å². The lowest BCUT2D eigenvalue weighted by Crippen LogP contribution is -2.55. The first-order valence-electron chi connectivity index (χ1n) is 5.50. The van der Waals surface area contributed by atoms with Crippen LogP contribution >= 0.6 is 0 Å². The maximum Gasteiger partial charge on any atom is 0.324 e. The van der Waals surface area contributed by atoms with Gasteiger partial charge in [-0.05, 0) is 26.8 Å². The highest BCUT2D eigenvalue weighted by Gasteiger charge is 2.46. The van der Waals surface area contributed by atoms with Crippen molar-refractivity contribution >= 4 is 5.97 Å². The lowest BCUT2D eigenvalue weighted by molar-refractivity contribution is -0.152. The van der Waals surface area contributed by atoms with Crippen molar-refractivity contribution in [3.63, 3.8) is 0 Å². The molecule has 1 N–H and O–H groups in total. The fraction of sp³-hybridized carbons (Fsp3) is 0.909. The topological polar surface area (TPSA) is 49.8 Å². The summed E-state index contributed by atoms with van der Waals surface area (Å²) in [5.41, 5.74) is -0.655. The maximum atomic E-state index is 11.4. The summed E-state index contributed by atoms with van der Waals surface area (Å²) in [7, 11) is 3.54. The van der Waals surface area contributed by atoms with Gasteiger partial charge in [-0.1, -0.05) is 12.8 Å². The van der Waals surface area contributed by atoms with Gasteiger partial charge in [-0.15, -0.1) is 0 Å². The third kappa shape index (κ3) is 2.32. The fourth-order valence-electron chi connectivity index (χ4n) is 2.45. The first-order valence-corrected chi connectivity index (χ1v) is 5.50. The van der Waals surface area contributed by atoms with Crippen molar-refractivity contribution in [2.45, 2.75) is 44.2 Å². The van der Waals surface area contributed by atoms with Crippen LogP contribution in [0.3, 0.4) is 0 Å². The molecule has 0 radical (unpaired) electrons. The van der Waals surface area contributed by atoms with Crippen LogP contribution in [-0.4, -0.2) is 48.3 Å². The molecule has 0 aromatic heterocycles. The molecule has 4 nitrogen and oxygen atoms in total. The van der Waals surface area contributed by atoms with Crippen LogP contribution in [0, 0.1) is 0 Å². The molecule has 0 spiro atoms. The first-order chi connectivity index (χ1) is 7.04. The van der Waals surface area contributed by atoms with Gasteiger partial charge in [-0.2, -0.15) is 0 Å². The van der Waals surface area contributed by atoms with Gasteiger partial charge in [0, 0.05) is 13.2 Å². The highest BCUT2D eigenvalue weighted by atomic mass is 16.5. The van der Waals surface area contributed by atoms with Crippen LogP contribution in [0.2, 0.25) is 0 Å². The van der Waals surface area contributed by atoms with Crippen molar-refractivity contribution in [2.75, 3.05) is 20.8 Å². The number of hydrogen-bond donors (Lipinski definition) is 1. The summed E-state index contributed by atoms with van der Waals surface area (Å²) in [6, 6.07) is 0.143. The molecule has 1 aliphatic rings. The van der Waals surface area contributed by atoms with Gasteiger partial charge in [0.2, 0.25) is 0 Å². The molecule has 0 aromatic carbocycles. The summed E-state index contributed by atoms with van der Waals surface area (Å²) >= 11 is 0. The Hall–Kier alpha value is -0.610. The van der Waals surface area contributed by atoms with Crippen molar-refractivity contribution in [2.24, 2.45) is 0 Å². The van der Waals surface area contributed by atoms with E-state index < -0.39 is 11.5 Å². The molecule has 15 heavy (non-hydrogen) atoms. The molecular weight excluding hydrogens is 194 g/mol. The quantitative estimate of drug-likeness (QED) is 0.752. The third-order valence-corrected chi connectivity index (χ3v) is 3.57. The molecular formula is C11H21NO3. The van der Waals surface area contributed by atoms with Crippen LogP contribution in [0.4, 0.5) is 0 Å². The number of nitrogens with zero attached hydrogens (tertiary/aromatic N) is 1. The van der Waals surface area contributed by atoms with Gasteiger partial charge >= 0.3 is 5.97 Å². The SMILES string of the molecule is COCC(C)N(C)C1(C(=O)O)CCCC1. The van der Waals surface area contributed by atoms with Gasteiger partial charge in [0.25, 0.3) is 0 Å². The number of methoxy groups -OCH3 is 1. The summed E-state index contributed by atoms with van der Waals surface area (Å²) in [6.45, 7) is 2.58. The molecule has 0 heterocycles. The van der Waals surface area contributed by atoms with Gasteiger partial charge in [0.1, 0.15) is 5.54 Å². The Morgan fingerprint density at radius 2 is 2.07 bits per heavy atom. The average molecular weight is 215 g/mol. The lowest BCUT2D eigenvalue weighted by Gasteiger charge is -2.38. The Morgan fingerprint density at radius 1 is 1.53 bits per heavy atom. The highest BCUT2D eigenvalue weighted by Crippen LogP contribution is 2.35. The minimum Gasteiger partial charge on any atom is -0.480 e. The Bertz CT molecular complexity index is 224. The number of carboxylic acids is 1. The predicted octanol–water partition coefficient (Wildman–Crippen LogP) is 1.35. The molecule has 1 aliphatic carbocycles. The number of likely N-dealkylation sites (N-methyl/N-ethyl adjacent to an activating group) is 1. The second-order valence-electron chi connectivity index (χ2n) is 4.46. The van der Waals surface area contributed by atoms with Crippen molar-refractivity contribution in [3.05, 3.63) is 0 Å². The number of hydrogen-bond acceptors (Lipinski definition) is 3. The lowest BCUT2D eigenvalue weighted by atomic mass is 9.94. The molecule has 1 unspecified atom stereocenters. The molecule has 0 bridgehead atoms. The van der Waals surface area contributed by atoms with E-state index >= 15 is 0 Å². The minimum atomic E-state index is -0.689. The standard InChI is InChI=1S/C11H21NO3/c1-9(8-15-3)12(2)11(10(13)14)6-4-5-7-11/h9H,4-8H2,1-3H3,(H,13,14). The summed E-state index contributed by atoms with van der Waals surface area (Å²) in [6.07, 6.45) is 3.53. The molecule has 1 saturated carbocycles. The number of carbonyl (C=O) groups is 1. The Balaban J connectivity index is 2.76. The van der Waals surface area contributed by atoms with Crippen LogP contribution in [0.25, 0.3) is 0 Å². The second-order valence-corrected chi connectivity index (χ2v) is 4.46. The van der Waals surface area contributed by atoms with E-state index in [-0.39, 0.29) is 6.04 Å². The van der Waals surface area contributed by atoms with Crippen molar-refractivity contribution < 1.29 is 14.6 Å². The average Bonchev–Trinajstić information content (AvgIpc) is 2.66. The minimum absolute atomic E-state index is 0.143. The van der Waals surface area contributed by atoms with E-state index in [0.29, 0.717) is 6.61 Å². The Labute approximate surface area is 91.2 Å². The molecule has 1 fully saturated rings. The predicted molar refractivity (Wildman–Crippen MR) is 57.9 cm³/mol. The number of aliphatic carboxylic acids is 1. The third-order valence-electron chi connectivity index (χ3n) is 3.57. The number of carboxylic acid groups (broad SMARTS) is 1. The second kappa shape index (κ2) is 4.94. The zero-order chi connectivity index (χ0) is 11.5. The molecule has 0 saturated heterocycles. The van der Waals surface area contributed by atoms with Gasteiger partial charge < -0.3 is 9.84 Å². The van der Waals surface area contributed by atoms with Crippen LogP contribution in [0.1, 0.15) is 32.6 Å². The van der Waals surface area contributed by atoms with E-state index in [1.807, 2.05) is 18.9 Å². The first kappa shape index (κ1) is 12.5. The molecule has 1 atom stereocenters. The monoisotopic (exact) mass is 215 g/mol. The smallest absolute Gasteiger partial charge is 0.324 e. The number of rotatable bonds is 5. The van der Waals surface area contributed by atoms with Gasteiger partial charge in [0.05, 0.1) is 6.61 Å². The summed E-state index contributed by atoms with van der Waals surface area (Å²) in [5.74, 6) is -0.689. The van der Waals surface area contributed by atoms with Gasteiger partial charge in [-0.3, -0.25) is 9.69 Å². The van der Waals surface area contributed by atoms with Gasteiger partial charge in [-0.25, -0.2) is 0 Å². The largest absolute Gasteiger partial charge is 0.480 e. The van der Waals surface area contributed by atoms with E-state index in [1.54, 1.807) is 7.11 Å². The van der Waals surface area contributed by atoms with Crippen LogP contribution in [0.5, 0.6) is 0 Å². The van der Waals surface area contributed by atoms with E-state index in [0.717, 1.165) is 25.7 Å². The highest BCUT2D eigenvalue weighted by molar-refractivity contribution is 5.79. The Kier molecular flexibility index (Phi) is 4.11. The van der Waals surface area contributed by atoms with Gasteiger partial charge in [0.15, 0.2) is 0 Å². The van der Waals surface area contributed by atoms with E-state index in [4.69, 9.17) is 4.74 Å². The summed E-state index contributed by atoms with van der Waals surface area (Å²) in [5, 5.41) is 9.37. The van der Waals surface area contributed by atoms with Crippen molar-refractivity contribution in [1.82, 2.24) is 4.90 Å². The molecule has 0 amide bonds. The molecule has 1 rings (SSSR count). The Morgan fingerprint density at radius 3 is 2.47 bits per heavy atom. The zero-order valence-corrected chi connectivity index (χ0v) is 9.82. The molecule has 4 heteroatoms. The van der Waals surface area contributed by atoms with Crippen LogP contribution < -0.4 is 0 Å². The zero-order valence-electron chi connectivity index (χ0n) is 9.82. The van der Waals surface area contributed by atoms with Crippen LogP contribution in [-0.2, 0) is 9.53 Å². The summed E-state index contributed by atoms with van der Waals surface area (Å²) in [4.78, 5) is 13.4. The fourth-order valence-corrected chi connectivity index (χ4v) is 2.45. The normalized spacial score (nSPS) is 21.9. The van der Waals surface area contributed by atoms with Crippen molar-refractivity contribution in [3.8, 4) is 0 Å². The van der Waals surface area contributed by atoms with Crippen LogP contribution in [0.15, 0.2) is 0 Å². The van der Waals surface area contributed by atoms with Crippen molar-refractivity contribution in [1.29, 1.82) is 0 Å². The van der Waals surface area contributed by atoms with E-state index in [9.17, 15) is 9.90 Å². The van der Waals surface area contributed by atoms with E-state index in [2.05, 4.69) is 0 Å². The number of ether oxygens (including phenoxy) is 1. The molecule has 0 aromatic rings. The summed E-state index contributed by atoms with van der Waals surface area (Å²) < 4.78 is 5.07.